The number of fused-ring (bicyclic) bond motifs is 1. The van der Waals surface area contributed by atoms with Crippen molar-refractivity contribution in [1.82, 2.24) is 0 Å². The van der Waals surface area contributed by atoms with Gasteiger partial charge in [-0.15, -0.1) is 0 Å². The molecule has 0 radical (unpaired) electrons. The van der Waals surface area contributed by atoms with Crippen LogP contribution in [0, 0.1) is 0 Å². The lowest BCUT2D eigenvalue weighted by atomic mass is 10.2. The summed E-state index contributed by atoms with van der Waals surface area (Å²) in [5.74, 6) is 0.167. The number of phenolic OH excluding ortho intramolecular Hbond substituents is 1. The Bertz CT molecular complexity index is 585. The molecular weight excluding hydrogens is 212 g/mol. The molecule has 0 saturated heterocycles. The first-order valence-corrected chi connectivity index (χ1v) is 4.55. The minimum Gasteiger partial charge on any atom is -0.504 e. The predicted octanol–water partition coefficient (Wildman–Crippen LogP) is 1.52. The molecule has 1 heterocycles. The molecule has 0 saturated carbocycles. The molecule has 1 aromatic carbocycles. The highest BCUT2D eigenvalue weighted by molar-refractivity contribution is 5.85. The van der Waals surface area contributed by atoms with E-state index in [1.165, 1.54) is 26.4 Å². The molecule has 0 aliphatic carbocycles. The minimum absolute atomic E-state index is 0.0803. The molecular formula is C11H10O5. The number of phenols is 1. The Labute approximate surface area is 90.8 Å². The molecule has 0 atom stereocenters. The second kappa shape index (κ2) is 3.77. The predicted molar refractivity (Wildman–Crippen MR) is 57.3 cm³/mol. The summed E-state index contributed by atoms with van der Waals surface area (Å²) in [4.78, 5) is 11.4. The van der Waals surface area contributed by atoms with Gasteiger partial charge in [0.2, 0.25) is 11.5 Å². The van der Waals surface area contributed by atoms with Crippen LogP contribution in [-0.2, 0) is 0 Å². The van der Waals surface area contributed by atoms with Gasteiger partial charge in [-0.1, -0.05) is 0 Å². The van der Waals surface area contributed by atoms with Gasteiger partial charge >= 0.3 is 5.63 Å². The topological polar surface area (TPSA) is 68.9 Å². The number of hydrogen-bond donors (Lipinski definition) is 1. The van der Waals surface area contributed by atoms with Crippen molar-refractivity contribution in [2.75, 3.05) is 14.2 Å². The Morgan fingerprint density at radius 3 is 2.62 bits per heavy atom. The Balaban J connectivity index is 2.85. The van der Waals surface area contributed by atoms with Gasteiger partial charge in [0.05, 0.1) is 14.2 Å². The van der Waals surface area contributed by atoms with E-state index in [1.807, 2.05) is 0 Å². The summed E-state index contributed by atoms with van der Waals surface area (Å²) in [6, 6.07) is 4.60. The van der Waals surface area contributed by atoms with Crippen molar-refractivity contribution in [1.29, 1.82) is 0 Å². The number of rotatable bonds is 2. The summed E-state index contributed by atoms with van der Waals surface area (Å²) < 4.78 is 14.8. The third-order valence-electron chi connectivity index (χ3n) is 2.23. The van der Waals surface area contributed by atoms with Crippen LogP contribution in [0.2, 0.25) is 0 Å². The lowest BCUT2D eigenvalue weighted by Gasteiger charge is -2.06. The Kier molecular flexibility index (Phi) is 2.44. The smallest absolute Gasteiger partial charge is 0.379 e. The lowest BCUT2D eigenvalue weighted by Crippen LogP contribution is -2.03. The Morgan fingerprint density at radius 2 is 2.00 bits per heavy atom. The third kappa shape index (κ3) is 1.46. The van der Waals surface area contributed by atoms with E-state index in [-0.39, 0.29) is 22.8 Å². The van der Waals surface area contributed by atoms with Gasteiger partial charge in [-0.3, -0.25) is 0 Å². The fourth-order valence-electron chi connectivity index (χ4n) is 1.47. The van der Waals surface area contributed by atoms with Crippen molar-refractivity contribution in [2.45, 2.75) is 0 Å². The van der Waals surface area contributed by atoms with Crippen LogP contribution in [0.1, 0.15) is 0 Å². The van der Waals surface area contributed by atoms with Gasteiger partial charge in [0.25, 0.3) is 0 Å². The van der Waals surface area contributed by atoms with Crippen LogP contribution in [0.5, 0.6) is 17.2 Å². The first-order chi connectivity index (χ1) is 7.67. The third-order valence-corrected chi connectivity index (χ3v) is 2.23. The Hall–Kier alpha value is -2.17. The number of hydrogen-bond acceptors (Lipinski definition) is 5. The van der Waals surface area contributed by atoms with E-state index >= 15 is 0 Å². The SMILES string of the molecule is COc1cc2ccc(O)c(OC)c2oc1=O. The van der Waals surface area contributed by atoms with Crippen LogP contribution in [0.4, 0.5) is 0 Å². The number of benzene rings is 1. The molecule has 1 N–H and O–H groups in total. The fourth-order valence-corrected chi connectivity index (χ4v) is 1.47. The zero-order valence-electron chi connectivity index (χ0n) is 8.81. The Morgan fingerprint density at radius 1 is 1.25 bits per heavy atom. The van der Waals surface area contributed by atoms with Gasteiger partial charge in [0.1, 0.15) is 0 Å². The quantitative estimate of drug-likeness (QED) is 0.780. The molecule has 5 heteroatoms. The average Bonchev–Trinajstić information content (AvgIpc) is 2.28. The molecule has 16 heavy (non-hydrogen) atoms. The minimum atomic E-state index is -0.612. The van der Waals surface area contributed by atoms with E-state index in [9.17, 15) is 9.90 Å². The van der Waals surface area contributed by atoms with E-state index < -0.39 is 5.63 Å². The molecule has 5 nitrogen and oxygen atoms in total. The van der Waals surface area contributed by atoms with Gasteiger partial charge in [-0.2, -0.15) is 0 Å². The van der Waals surface area contributed by atoms with E-state index in [0.717, 1.165) is 0 Å². The summed E-state index contributed by atoms with van der Waals surface area (Å²) in [5, 5.41) is 10.1. The van der Waals surface area contributed by atoms with Crippen LogP contribution in [0.3, 0.4) is 0 Å². The largest absolute Gasteiger partial charge is 0.504 e. The maximum Gasteiger partial charge on any atom is 0.379 e. The van der Waals surface area contributed by atoms with E-state index in [0.29, 0.717) is 5.39 Å². The zero-order valence-corrected chi connectivity index (χ0v) is 8.81. The summed E-state index contributed by atoms with van der Waals surface area (Å²) in [6.45, 7) is 0. The highest BCUT2D eigenvalue weighted by atomic mass is 16.5. The molecule has 0 spiro atoms. The van der Waals surface area contributed by atoms with E-state index in [2.05, 4.69) is 0 Å². The summed E-state index contributed by atoms with van der Waals surface area (Å²) in [5.41, 5.74) is -0.410. The zero-order chi connectivity index (χ0) is 11.7. The molecule has 84 valence electrons. The van der Waals surface area contributed by atoms with Crippen molar-refractivity contribution < 1.29 is 19.0 Å². The summed E-state index contributed by atoms with van der Waals surface area (Å²) in [6.07, 6.45) is 0. The lowest BCUT2D eigenvalue weighted by molar-refractivity contribution is 0.360. The molecule has 2 rings (SSSR count). The van der Waals surface area contributed by atoms with Gasteiger partial charge < -0.3 is 19.0 Å². The van der Waals surface area contributed by atoms with Crippen LogP contribution in [0.15, 0.2) is 27.4 Å². The van der Waals surface area contributed by atoms with Crippen LogP contribution >= 0.6 is 0 Å². The highest BCUT2D eigenvalue weighted by Gasteiger charge is 2.12. The molecule has 0 unspecified atom stereocenters. The summed E-state index contributed by atoms with van der Waals surface area (Å²) in [7, 11) is 2.77. The molecule has 1 aromatic heterocycles. The van der Waals surface area contributed by atoms with Gasteiger partial charge in [0.15, 0.2) is 11.3 Å². The fraction of sp³-hybridized carbons (Fsp3) is 0.182. The second-order valence-electron chi connectivity index (χ2n) is 3.14. The molecule has 2 aromatic rings. The monoisotopic (exact) mass is 222 g/mol. The van der Waals surface area contributed by atoms with Crippen LogP contribution in [-0.4, -0.2) is 19.3 Å². The van der Waals surface area contributed by atoms with Crippen LogP contribution in [0.25, 0.3) is 11.0 Å². The molecule has 0 fully saturated rings. The number of ether oxygens (including phenoxy) is 2. The number of methoxy groups -OCH3 is 2. The molecule has 0 aliphatic heterocycles. The first kappa shape index (κ1) is 10.4. The van der Waals surface area contributed by atoms with E-state index in [4.69, 9.17) is 13.9 Å². The first-order valence-electron chi connectivity index (χ1n) is 4.55. The van der Waals surface area contributed by atoms with E-state index in [1.54, 1.807) is 6.07 Å². The normalized spacial score (nSPS) is 10.4. The van der Waals surface area contributed by atoms with Crippen molar-refractivity contribution in [2.24, 2.45) is 0 Å². The van der Waals surface area contributed by atoms with Gasteiger partial charge in [0, 0.05) is 5.39 Å². The van der Waals surface area contributed by atoms with Gasteiger partial charge in [-0.05, 0) is 18.2 Å². The van der Waals surface area contributed by atoms with Gasteiger partial charge in [-0.25, -0.2) is 4.79 Å². The average molecular weight is 222 g/mol. The number of aromatic hydroxyl groups is 1. The maximum absolute atomic E-state index is 11.4. The second-order valence-corrected chi connectivity index (χ2v) is 3.14. The molecule has 0 amide bonds. The molecule has 0 bridgehead atoms. The van der Waals surface area contributed by atoms with Crippen molar-refractivity contribution in [3.05, 3.63) is 28.6 Å². The van der Waals surface area contributed by atoms with Crippen molar-refractivity contribution in [3.63, 3.8) is 0 Å². The van der Waals surface area contributed by atoms with Crippen molar-refractivity contribution >= 4 is 11.0 Å². The molecule has 0 aliphatic rings. The summed E-state index contributed by atoms with van der Waals surface area (Å²) >= 11 is 0. The van der Waals surface area contributed by atoms with Crippen molar-refractivity contribution in [3.8, 4) is 17.2 Å². The standard InChI is InChI=1S/C11H10O5/c1-14-8-5-6-3-4-7(12)10(15-2)9(6)16-11(8)13/h3-5,12H,1-2H3. The highest BCUT2D eigenvalue weighted by Crippen LogP contribution is 2.34. The maximum atomic E-state index is 11.4. The van der Waals surface area contributed by atoms with Crippen LogP contribution < -0.4 is 15.1 Å².